The van der Waals surface area contributed by atoms with E-state index >= 15 is 0 Å². The first-order valence-corrected chi connectivity index (χ1v) is 12.7. The highest BCUT2D eigenvalue weighted by molar-refractivity contribution is 5.84. The van der Waals surface area contributed by atoms with Crippen molar-refractivity contribution in [3.05, 3.63) is 83.0 Å². The molecule has 0 aromatic heterocycles. The summed E-state index contributed by atoms with van der Waals surface area (Å²) in [5.41, 5.74) is 4.02. The van der Waals surface area contributed by atoms with Crippen molar-refractivity contribution in [1.29, 1.82) is 0 Å². The Morgan fingerprint density at radius 1 is 1.19 bits per heavy atom. The van der Waals surface area contributed by atoms with E-state index in [1.165, 1.54) is 11.6 Å². The standard InChI is InChI=1S/C30H38O6/c1-22(13-14-24-10-6-4-7-11-24)15-16-30(34)21-27-20-26(36-30)17-23(2)9-5-3-8-12-25(18-28(31)32)19-29(33)35-27/h3-4,6-11,13,19,26-27,34H,5,12,14-18,20-21H2,1-2H3,(H,31,32)/b8-3+,22-13+,23-9+,25-19+/t26-,27+,30-/m0/s1. The molecule has 6 nitrogen and oxygen atoms in total. The molecule has 3 rings (SSSR count). The molecule has 0 unspecified atom stereocenters. The van der Waals surface area contributed by atoms with Crippen LogP contribution in [-0.4, -0.2) is 40.1 Å². The topological polar surface area (TPSA) is 93.1 Å². The summed E-state index contributed by atoms with van der Waals surface area (Å²) < 4.78 is 11.9. The summed E-state index contributed by atoms with van der Waals surface area (Å²) in [7, 11) is 0. The lowest BCUT2D eigenvalue weighted by Crippen LogP contribution is -2.47. The number of fused-ring (bicyclic) bond motifs is 2. The van der Waals surface area contributed by atoms with Gasteiger partial charge in [0.15, 0.2) is 5.79 Å². The van der Waals surface area contributed by atoms with E-state index in [0.717, 1.165) is 17.6 Å². The third kappa shape index (κ3) is 9.59. The maximum atomic E-state index is 12.6. The number of carbonyl (C=O) groups is 2. The lowest BCUT2D eigenvalue weighted by molar-refractivity contribution is -0.275. The van der Waals surface area contributed by atoms with Crippen LogP contribution < -0.4 is 0 Å². The van der Waals surface area contributed by atoms with Gasteiger partial charge in [0.25, 0.3) is 0 Å². The second kappa shape index (κ2) is 13.4. The van der Waals surface area contributed by atoms with E-state index < -0.39 is 23.8 Å². The SMILES string of the molecule is C/C(=C\Cc1ccccc1)CC[C@@]1(O)C[C@H]2C[C@H](C/C(C)=C/C/C=C/C/C(CC(=O)O)=C\C(=O)O2)O1. The molecule has 0 spiro atoms. The van der Waals surface area contributed by atoms with Crippen molar-refractivity contribution in [3.63, 3.8) is 0 Å². The molecule has 6 heteroatoms. The van der Waals surface area contributed by atoms with Crippen LogP contribution in [0.3, 0.4) is 0 Å². The van der Waals surface area contributed by atoms with E-state index in [1.54, 1.807) is 0 Å². The van der Waals surface area contributed by atoms with Gasteiger partial charge in [-0.05, 0) is 57.1 Å². The minimum Gasteiger partial charge on any atom is -0.481 e. The molecular weight excluding hydrogens is 456 g/mol. The van der Waals surface area contributed by atoms with Gasteiger partial charge < -0.3 is 19.7 Å². The number of hydrogen-bond donors (Lipinski definition) is 2. The van der Waals surface area contributed by atoms with E-state index in [-0.39, 0.29) is 18.9 Å². The second-order valence-electron chi connectivity index (χ2n) is 9.96. The van der Waals surface area contributed by atoms with Crippen LogP contribution in [0.25, 0.3) is 0 Å². The first-order chi connectivity index (χ1) is 17.2. The Hall–Kier alpha value is -2.96. The Labute approximate surface area is 214 Å². The third-order valence-corrected chi connectivity index (χ3v) is 6.58. The molecule has 2 aliphatic heterocycles. The van der Waals surface area contributed by atoms with Gasteiger partial charge in [0.1, 0.15) is 6.10 Å². The van der Waals surface area contributed by atoms with Crippen LogP contribution in [0.5, 0.6) is 0 Å². The average molecular weight is 495 g/mol. The fourth-order valence-corrected chi connectivity index (χ4v) is 4.70. The molecule has 2 N–H and O–H groups in total. The number of allylic oxidation sites excluding steroid dienone is 5. The van der Waals surface area contributed by atoms with Crippen LogP contribution in [0.15, 0.2) is 77.4 Å². The van der Waals surface area contributed by atoms with Gasteiger partial charge in [-0.25, -0.2) is 4.79 Å². The number of carboxylic acid groups (broad SMARTS) is 1. The lowest BCUT2D eigenvalue weighted by Gasteiger charge is -2.41. The number of ether oxygens (including phenoxy) is 2. The van der Waals surface area contributed by atoms with E-state index in [9.17, 15) is 19.8 Å². The van der Waals surface area contributed by atoms with Gasteiger partial charge in [-0.1, -0.05) is 65.8 Å². The van der Waals surface area contributed by atoms with Crippen LogP contribution in [0.4, 0.5) is 0 Å². The van der Waals surface area contributed by atoms with Crippen molar-refractivity contribution in [1.82, 2.24) is 0 Å². The second-order valence-corrected chi connectivity index (χ2v) is 9.96. The molecule has 2 heterocycles. The molecule has 194 valence electrons. The van der Waals surface area contributed by atoms with Crippen LogP contribution >= 0.6 is 0 Å². The van der Waals surface area contributed by atoms with Crippen molar-refractivity contribution in [3.8, 4) is 0 Å². The average Bonchev–Trinajstić information content (AvgIpc) is 2.80. The zero-order valence-electron chi connectivity index (χ0n) is 21.3. The molecule has 0 saturated carbocycles. The first kappa shape index (κ1) is 27.6. The highest BCUT2D eigenvalue weighted by Gasteiger charge is 2.41. The Kier molecular flexibility index (Phi) is 10.3. The monoisotopic (exact) mass is 494 g/mol. The predicted octanol–water partition coefficient (Wildman–Crippen LogP) is 5.82. The lowest BCUT2D eigenvalue weighted by atomic mass is 9.91. The summed E-state index contributed by atoms with van der Waals surface area (Å²) in [6.07, 6.45) is 12.7. The van der Waals surface area contributed by atoms with E-state index in [0.29, 0.717) is 44.1 Å². The number of hydrogen-bond acceptors (Lipinski definition) is 5. The zero-order valence-corrected chi connectivity index (χ0v) is 21.3. The van der Waals surface area contributed by atoms with Gasteiger partial charge in [-0.15, -0.1) is 0 Å². The molecule has 1 aromatic rings. The van der Waals surface area contributed by atoms with Crippen LogP contribution in [0.2, 0.25) is 0 Å². The first-order valence-electron chi connectivity index (χ1n) is 12.7. The van der Waals surface area contributed by atoms with Crippen molar-refractivity contribution >= 4 is 11.9 Å². The number of carbonyl (C=O) groups excluding carboxylic acids is 1. The molecule has 0 aliphatic carbocycles. The molecule has 2 aliphatic rings. The van der Waals surface area contributed by atoms with E-state index in [1.807, 2.05) is 37.3 Å². The maximum Gasteiger partial charge on any atom is 0.331 e. The number of carboxylic acids is 1. The molecule has 36 heavy (non-hydrogen) atoms. The number of benzene rings is 1. The minimum absolute atomic E-state index is 0.186. The normalized spacial score (nSPS) is 29.6. The van der Waals surface area contributed by atoms with Gasteiger partial charge in [0.2, 0.25) is 0 Å². The summed E-state index contributed by atoms with van der Waals surface area (Å²) in [4.78, 5) is 23.9. The highest BCUT2D eigenvalue weighted by atomic mass is 16.6. The molecule has 3 atom stereocenters. The van der Waals surface area contributed by atoms with Crippen molar-refractivity contribution in [2.45, 2.75) is 89.6 Å². The van der Waals surface area contributed by atoms with Gasteiger partial charge >= 0.3 is 11.9 Å². The number of aliphatic carboxylic acids is 1. The Bertz CT molecular complexity index is 1020. The van der Waals surface area contributed by atoms with Crippen LogP contribution in [0.1, 0.15) is 70.8 Å². The molecule has 1 aromatic carbocycles. The molecule has 1 saturated heterocycles. The van der Waals surface area contributed by atoms with E-state index in [4.69, 9.17) is 9.47 Å². The van der Waals surface area contributed by atoms with Crippen LogP contribution in [-0.2, 0) is 25.5 Å². The fourth-order valence-electron chi connectivity index (χ4n) is 4.70. The van der Waals surface area contributed by atoms with Crippen molar-refractivity contribution in [2.24, 2.45) is 0 Å². The number of esters is 1. The molecular formula is C30H38O6. The molecule has 1 fully saturated rings. The number of aliphatic hydroxyl groups is 1. The summed E-state index contributed by atoms with van der Waals surface area (Å²) in [5, 5.41) is 20.6. The van der Waals surface area contributed by atoms with Gasteiger partial charge in [0, 0.05) is 25.3 Å². The zero-order chi connectivity index (χ0) is 26.0. The van der Waals surface area contributed by atoms with Crippen molar-refractivity contribution < 1.29 is 29.3 Å². The largest absolute Gasteiger partial charge is 0.481 e. The summed E-state index contributed by atoms with van der Waals surface area (Å²) in [6.45, 7) is 4.09. The van der Waals surface area contributed by atoms with Gasteiger partial charge in [0.05, 0.1) is 12.5 Å². The Morgan fingerprint density at radius 2 is 1.97 bits per heavy atom. The summed E-state index contributed by atoms with van der Waals surface area (Å²) in [5.74, 6) is -2.97. The van der Waals surface area contributed by atoms with E-state index in [2.05, 4.69) is 31.2 Å². The third-order valence-electron chi connectivity index (χ3n) is 6.58. The van der Waals surface area contributed by atoms with Gasteiger partial charge in [-0.3, -0.25) is 4.79 Å². The molecule has 0 amide bonds. The minimum atomic E-state index is -1.40. The highest BCUT2D eigenvalue weighted by Crippen LogP contribution is 2.35. The molecule has 2 bridgehead atoms. The van der Waals surface area contributed by atoms with Crippen LogP contribution in [0, 0.1) is 0 Å². The Morgan fingerprint density at radius 3 is 2.72 bits per heavy atom. The smallest absolute Gasteiger partial charge is 0.331 e. The summed E-state index contributed by atoms with van der Waals surface area (Å²) >= 11 is 0. The van der Waals surface area contributed by atoms with Crippen molar-refractivity contribution in [2.75, 3.05) is 0 Å². The van der Waals surface area contributed by atoms with Gasteiger partial charge in [-0.2, -0.15) is 0 Å². The Balaban J connectivity index is 1.72. The quantitative estimate of drug-likeness (QED) is 0.366. The molecule has 0 radical (unpaired) electrons. The maximum absolute atomic E-state index is 12.6. The number of rotatable bonds is 7. The fraction of sp³-hybridized carbons (Fsp3) is 0.467. The predicted molar refractivity (Wildman–Crippen MR) is 139 cm³/mol. The summed E-state index contributed by atoms with van der Waals surface area (Å²) in [6, 6.07) is 10.2.